The van der Waals surface area contributed by atoms with E-state index in [1.807, 2.05) is 18.2 Å². The quantitative estimate of drug-likeness (QED) is 0.495. The molecule has 0 atom stereocenters. The molecule has 0 bridgehead atoms. The Bertz CT molecular complexity index is 256. The Kier molecular flexibility index (Phi) is 3.57. The highest BCUT2D eigenvalue weighted by atomic mass is 16.5. The van der Waals surface area contributed by atoms with Crippen LogP contribution in [0, 0.1) is 0 Å². The first-order chi connectivity index (χ1) is 5.93. The average Bonchev–Trinajstić information content (AvgIpc) is 2.14. The van der Waals surface area contributed by atoms with E-state index in [1.165, 1.54) is 0 Å². The second kappa shape index (κ2) is 5.07. The van der Waals surface area contributed by atoms with E-state index < -0.39 is 0 Å². The normalized spacial score (nSPS) is 10.0. The van der Waals surface area contributed by atoms with Crippen LogP contribution in [0.5, 0.6) is 0 Å². The summed E-state index contributed by atoms with van der Waals surface area (Å²) in [5, 5.41) is 0. The Morgan fingerprint density at radius 1 is 1.50 bits per heavy atom. The fourth-order valence-corrected chi connectivity index (χ4v) is 0.738. The van der Waals surface area contributed by atoms with Gasteiger partial charge in [-0.1, -0.05) is 6.07 Å². The molecule has 0 aliphatic rings. The lowest BCUT2D eigenvalue weighted by molar-refractivity contribution is -0.127. The van der Waals surface area contributed by atoms with Crippen molar-refractivity contribution < 1.29 is 9.53 Å². The third-order valence-corrected chi connectivity index (χ3v) is 1.24. The summed E-state index contributed by atoms with van der Waals surface area (Å²) in [5.74, 6) is 0. The smallest absolute Gasteiger partial charge is 0.293 e. The van der Waals surface area contributed by atoms with Gasteiger partial charge in [-0.3, -0.25) is 9.78 Å². The highest BCUT2D eigenvalue weighted by Gasteiger charge is 1.82. The molecular formula is C9H9NO2. The van der Waals surface area contributed by atoms with Crippen LogP contribution in [0.15, 0.2) is 30.5 Å². The first kappa shape index (κ1) is 8.46. The molecule has 0 unspecified atom stereocenters. The molecule has 0 aliphatic heterocycles. The SMILES string of the molecule is O=COCC=Cc1ccccn1. The number of ether oxygens (including phenoxy) is 1. The molecule has 0 radical (unpaired) electrons. The summed E-state index contributed by atoms with van der Waals surface area (Å²) in [6.07, 6.45) is 5.24. The van der Waals surface area contributed by atoms with Crippen LogP contribution in [-0.4, -0.2) is 18.1 Å². The van der Waals surface area contributed by atoms with Gasteiger partial charge >= 0.3 is 0 Å². The van der Waals surface area contributed by atoms with E-state index in [9.17, 15) is 4.79 Å². The van der Waals surface area contributed by atoms with Crippen molar-refractivity contribution in [2.45, 2.75) is 0 Å². The molecule has 0 aromatic carbocycles. The van der Waals surface area contributed by atoms with Crippen molar-refractivity contribution in [3.8, 4) is 0 Å². The van der Waals surface area contributed by atoms with Crippen molar-refractivity contribution in [1.82, 2.24) is 4.98 Å². The zero-order valence-electron chi connectivity index (χ0n) is 6.51. The first-order valence-corrected chi connectivity index (χ1v) is 3.56. The van der Waals surface area contributed by atoms with Crippen LogP contribution in [0.4, 0.5) is 0 Å². The van der Waals surface area contributed by atoms with Gasteiger partial charge in [-0.15, -0.1) is 0 Å². The van der Waals surface area contributed by atoms with Gasteiger partial charge in [0.25, 0.3) is 6.47 Å². The lowest BCUT2D eigenvalue weighted by Gasteiger charge is -1.90. The molecule has 0 fully saturated rings. The van der Waals surface area contributed by atoms with E-state index in [1.54, 1.807) is 18.3 Å². The highest BCUT2D eigenvalue weighted by Crippen LogP contribution is 1.95. The number of hydrogen-bond acceptors (Lipinski definition) is 3. The van der Waals surface area contributed by atoms with Gasteiger partial charge in [0.05, 0.1) is 5.69 Å². The minimum absolute atomic E-state index is 0.292. The molecule has 0 aliphatic carbocycles. The van der Waals surface area contributed by atoms with Gasteiger partial charge in [-0.2, -0.15) is 0 Å². The first-order valence-electron chi connectivity index (χ1n) is 3.56. The zero-order valence-corrected chi connectivity index (χ0v) is 6.51. The van der Waals surface area contributed by atoms with Crippen molar-refractivity contribution in [2.24, 2.45) is 0 Å². The van der Waals surface area contributed by atoms with Crippen molar-refractivity contribution in [2.75, 3.05) is 6.61 Å². The molecule has 62 valence electrons. The summed E-state index contributed by atoms with van der Waals surface area (Å²) < 4.78 is 4.46. The number of carbonyl (C=O) groups excluding carboxylic acids is 1. The lowest BCUT2D eigenvalue weighted by atomic mass is 10.3. The van der Waals surface area contributed by atoms with E-state index in [4.69, 9.17) is 0 Å². The molecule has 0 saturated heterocycles. The Labute approximate surface area is 70.7 Å². The molecule has 0 spiro atoms. The molecule has 1 heterocycles. The Balaban J connectivity index is 2.41. The van der Waals surface area contributed by atoms with Crippen LogP contribution >= 0.6 is 0 Å². The lowest BCUT2D eigenvalue weighted by Crippen LogP contribution is -1.85. The zero-order chi connectivity index (χ0) is 8.65. The van der Waals surface area contributed by atoms with Crippen molar-refractivity contribution in [1.29, 1.82) is 0 Å². The summed E-state index contributed by atoms with van der Waals surface area (Å²) >= 11 is 0. The monoisotopic (exact) mass is 163 g/mol. The summed E-state index contributed by atoms with van der Waals surface area (Å²) in [4.78, 5) is 13.8. The maximum Gasteiger partial charge on any atom is 0.293 e. The average molecular weight is 163 g/mol. The maximum absolute atomic E-state index is 9.74. The predicted octanol–water partition coefficient (Wildman–Crippen LogP) is 1.27. The predicted molar refractivity (Wildman–Crippen MR) is 45.3 cm³/mol. The van der Waals surface area contributed by atoms with Crippen LogP contribution in [0.2, 0.25) is 0 Å². The summed E-state index contributed by atoms with van der Waals surface area (Å²) in [7, 11) is 0. The topological polar surface area (TPSA) is 39.2 Å². The summed E-state index contributed by atoms with van der Waals surface area (Å²) in [6.45, 7) is 0.711. The maximum atomic E-state index is 9.74. The molecule has 0 N–H and O–H groups in total. The van der Waals surface area contributed by atoms with Crippen LogP contribution in [0.1, 0.15) is 5.69 Å². The standard InChI is InChI=1S/C9H9NO2/c11-8-12-7-3-5-9-4-1-2-6-10-9/h1-6,8H,7H2. The Morgan fingerprint density at radius 2 is 2.42 bits per heavy atom. The fraction of sp³-hybridized carbons (Fsp3) is 0.111. The van der Waals surface area contributed by atoms with Crippen molar-refractivity contribution >= 4 is 12.5 Å². The Morgan fingerprint density at radius 3 is 3.08 bits per heavy atom. The highest BCUT2D eigenvalue weighted by molar-refractivity contribution is 5.44. The minimum Gasteiger partial charge on any atom is -0.464 e. The number of hydrogen-bond donors (Lipinski definition) is 0. The number of pyridine rings is 1. The van der Waals surface area contributed by atoms with Crippen molar-refractivity contribution in [3.63, 3.8) is 0 Å². The number of nitrogens with zero attached hydrogens (tertiary/aromatic N) is 1. The second-order valence-electron chi connectivity index (χ2n) is 2.09. The molecule has 0 saturated carbocycles. The molecule has 0 amide bonds. The van der Waals surface area contributed by atoms with E-state index >= 15 is 0 Å². The van der Waals surface area contributed by atoms with Gasteiger partial charge in [0.15, 0.2) is 0 Å². The van der Waals surface area contributed by atoms with Crippen LogP contribution in [-0.2, 0) is 9.53 Å². The number of aromatic nitrogens is 1. The van der Waals surface area contributed by atoms with Crippen LogP contribution in [0.3, 0.4) is 0 Å². The third kappa shape index (κ3) is 2.96. The van der Waals surface area contributed by atoms with E-state index in [0.717, 1.165) is 5.69 Å². The van der Waals surface area contributed by atoms with Gasteiger partial charge in [0.1, 0.15) is 6.61 Å². The van der Waals surface area contributed by atoms with E-state index in [-0.39, 0.29) is 0 Å². The molecule has 1 rings (SSSR count). The molecule has 3 nitrogen and oxygen atoms in total. The van der Waals surface area contributed by atoms with Crippen LogP contribution < -0.4 is 0 Å². The number of rotatable bonds is 4. The Hall–Kier alpha value is -1.64. The third-order valence-electron chi connectivity index (χ3n) is 1.24. The largest absolute Gasteiger partial charge is 0.464 e. The minimum atomic E-state index is 0.292. The molecule has 3 heteroatoms. The van der Waals surface area contributed by atoms with Crippen molar-refractivity contribution in [3.05, 3.63) is 36.2 Å². The number of carbonyl (C=O) groups is 1. The summed E-state index contributed by atoms with van der Waals surface area (Å²) in [5.41, 5.74) is 0.854. The van der Waals surface area contributed by atoms with Gasteiger partial charge in [-0.25, -0.2) is 0 Å². The molecule has 12 heavy (non-hydrogen) atoms. The van der Waals surface area contributed by atoms with Gasteiger partial charge in [0.2, 0.25) is 0 Å². The van der Waals surface area contributed by atoms with Gasteiger partial charge in [-0.05, 0) is 24.3 Å². The second-order valence-corrected chi connectivity index (χ2v) is 2.09. The summed E-state index contributed by atoms with van der Waals surface area (Å²) in [6, 6.07) is 5.62. The van der Waals surface area contributed by atoms with Gasteiger partial charge in [0, 0.05) is 6.20 Å². The van der Waals surface area contributed by atoms with Crippen LogP contribution in [0.25, 0.3) is 6.08 Å². The van der Waals surface area contributed by atoms with E-state index in [0.29, 0.717) is 13.1 Å². The molecular weight excluding hydrogens is 154 g/mol. The fourth-order valence-electron chi connectivity index (χ4n) is 0.738. The molecule has 1 aromatic rings. The van der Waals surface area contributed by atoms with Gasteiger partial charge < -0.3 is 4.74 Å². The van der Waals surface area contributed by atoms with E-state index in [2.05, 4.69) is 9.72 Å². The molecule has 1 aromatic heterocycles.